The fraction of sp³-hybridized carbons (Fsp3) is 0.208. The zero-order valence-corrected chi connectivity index (χ0v) is 16.6. The zero-order valence-electron chi connectivity index (χ0n) is 16.6. The molecule has 0 spiro atoms. The summed E-state index contributed by atoms with van der Waals surface area (Å²) >= 11 is 0. The van der Waals surface area contributed by atoms with Crippen molar-refractivity contribution in [2.75, 3.05) is 29.9 Å². The Morgan fingerprint density at radius 1 is 1.00 bits per heavy atom. The highest BCUT2D eigenvalue weighted by Crippen LogP contribution is 2.22. The Bertz CT molecular complexity index is 1070. The summed E-state index contributed by atoms with van der Waals surface area (Å²) in [5.74, 6) is -0.973. The highest BCUT2D eigenvalue weighted by molar-refractivity contribution is 5.94. The van der Waals surface area contributed by atoms with Gasteiger partial charge in [0.1, 0.15) is 0 Å². The third kappa shape index (κ3) is 5.03. The van der Waals surface area contributed by atoms with E-state index in [2.05, 4.69) is 15.2 Å². The van der Waals surface area contributed by atoms with E-state index in [0.29, 0.717) is 11.4 Å². The highest BCUT2D eigenvalue weighted by atomic mass is 16.5. The number of anilines is 2. The van der Waals surface area contributed by atoms with Gasteiger partial charge in [0.25, 0.3) is 5.91 Å². The Hall–Kier alpha value is -3.67. The lowest BCUT2D eigenvalue weighted by molar-refractivity contribution is -0.142. The predicted octanol–water partition coefficient (Wildman–Crippen LogP) is 4.03. The predicted molar refractivity (Wildman–Crippen MR) is 118 cm³/mol. The minimum absolute atomic E-state index is 0.345. The molecule has 0 bridgehead atoms. The number of amides is 1. The summed E-state index contributed by atoms with van der Waals surface area (Å²) in [6, 6.07) is 19.2. The number of ether oxygens (including phenoxy) is 1. The van der Waals surface area contributed by atoms with E-state index in [-0.39, 0.29) is 12.5 Å². The molecule has 30 heavy (non-hydrogen) atoms. The van der Waals surface area contributed by atoms with Gasteiger partial charge in [0, 0.05) is 35.9 Å². The van der Waals surface area contributed by atoms with Gasteiger partial charge in [0.05, 0.1) is 11.2 Å². The Kier molecular flexibility index (Phi) is 6.03. The molecule has 1 amide bonds. The largest absolute Gasteiger partial charge is 0.452 e. The van der Waals surface area contributed by atoms with Crippen LogP contribution in [0.5, 0.6) is 0 Å². The van der Waals surface area contributed by atoms with Crippen LogP contribution in [0.25, 0.3) is 17.0 Å². The van der Waals surface area contributed by atoms with Gasteiger partial charge in [-0.1, -0.05) is 24.3 Å². The van der Waals surface area contributed by atoms with Crippen LogP contribution in [-0.2, 0) is 14.3 Å². The van der Waals surface area contributed by atoms with E-state index in [0.717, 1.165) is 29.7 Å². The van der Waals surface area contributed by atoms with E-state index in [4.69, 9.17) is 4.74 Å². The van der Waals surface area contributed by atoms with Crippen molar-refractivity contribution in [3.8, 4) is 0 Å². The van der Waals surface area contributed by atoms with E-state index in [1.165, 1.54) is 18.9 Å². The molecule has 0 radical (unpaired) electrons. The molecule has 2 aromatic carbocycles. The fourth-order valence-corrected chi connectivity index (χ4v) is 3.44. The molecule has 4 rings (SSSR count). The van der Waals surface area contributed by atoms with Crippen LogP contribution >= 0.6 is 0 Å². The van der Waals surface area contributed by atoms with E-state index in [1.54, 1.807) is 6.08 Å². The Labute approximate surface area is 175 Å². The van der Waals surface area contributed by atoms with Crippen molar-refractivity contribution in [3.05, 3.63) is 72.4 Å². The Morgan fingerprint density at radius 2 is 1.77 bits per heavy atom. The molecule has 6 nitrogen and oxygen atoms in total. The topological polar surface area (TPSA) is 71.5 Å². The third-order valence-corrected chi connectivity index (χ3v) is 4.98. The van der Waals surface area contributed by atoms with Gasteiger partial charge >= 0.3 is 5.97 Å². The first-order valence-electron chi connectivity index (χ1n) is 10.0. The van der Waals surface area contributed by atoms with Gasteiger partial charge in [-0.3, -0.25) is 4.79 Å². The van der Waals surface area contributed by atoms with E-state index in [1.807, 2.05) is 60.7 Å². The van der Waals surface area contributed by atoms with Crippen LogP contribution < -0.4 is 10.2 Å². The van der Waals surface area contributed by atoms with Crippen molar-refractivity contribution in [1.29, 1.82) is 0 Å². The zero-order chi connectivity index (χ0) is 20.8. The van der Waals surface area contributed by atoms with Gasteiger partial charge in [-0.25, -0.2) is 9.78 Å². The minimum Gasteiger partial charge on any atom is -0.452 e. The number of benzene rings is 2. The van der Waals surface area contributed by atoms with Gasteiger partial charge in [0.15, 0.2) is 6.61 Å². The van der Waals surface area contributed by atoms with Gasteiger partial charge < -0.3 is 15.0 Å². The van der Waals surface area contributed by atoms with Crippen molar-refractivity contribution in [1.82, 2.24) is 4.98 Å². The van der Waals surface area contributed by atoms with E-state index < -0.39 is 5.97 Å². The normalized spacial score (nSPS) is 13.7. The molecule has 3 aromatic rings. The molecule has 1 N–H and O–H groups in total. The molecule has 0 aliphatic carbocycles. The fourth-order valence-electron chi connectivity index (χ4n) is 3.44. The van der Waals surface area contributed by atoms with E-state index in [9.17, 15) is 9.59 Å². The molecule has 1 fully saturated rings. The molecular formula is C24H23N3O3. The first-order valence-corrected chi connectivity index (χ1v) is 10.0. The maximum absolute atomic E-state index is 12.0. The quantitative estimate of drug-likeness (QED) is 0.499. The van der Waals surface area contributed by atoms with Gasteiger partial charge in [0.2, 0.25) is 0 Å². The maximum atomic E-state index is 12.0. The van der Waals surface area contributed by atoms with Crippen molar-refractivity contribution >= 4 is 40.2 Å². The molecule has 6 heteroatoms. The number of nitrogens with zero attached hydrogens (tertiary/aromatic N) is 2. The highest BCUT2D eigenvalue weighted by Gasteiger charge is 2.12. The van der Waals surface area contributed by atoms with Gasteiger partial charge in [-0.15, -0.1) is 0 Å². The van der Waals surface area contributed by atoms with E-state index >= 15 is 0 Å². The smallest absolute Gasteiger partial charge is 0.331 e. The number of nitrogens with one attached hydrogen (secondary N) is 1. The molecule has 1 aliphatic rings. The van der Waals surface area contributed by atoms with Crippen LogP contribution in [0.1, 0.15) is 18.5 Å². The second kappa shape index (κ2) is 9.22. The number of carbonyl (C=O) groups is 2. The Morgan fingerprint density at radius 3 is 2.57 bits per heavy atom. The summed E-state index contributed by atoms with van der Waals surface area (Å²) in [6.07, 6.45) is 5.28. The molecule has 1 aliphatic heterocycles. The molecule has 152 valence electrons. The average molecular weight is 401 g/mol. The monoisotopic (exact) mass is 401 g/mol. The van der Waals surface area contributed by atoms with Crippen LogP contribution in [0.15, 0.2) is 66.7 Å². The van der Waals surface area contributed by atoms with Crippen molar-refractivity contribution in [3.63, 3.8) is 0 Å². The first-order chi connectivity index (χ1) is 14.7. The molecule has 1 saturated heterocycles. The molecule has 1 aromatic heterocycles. The Balaban J connectivity index is 1.25. The molecule has 0 atom stereocenters. The maximum Gasteiger partial charge on any atom is 0.331 e. The lowest BCUT2D eigenvalue weighted by atomic mass is 10.2. The van der Waals surface area contributed by atoms with Gasteiger partial charge in [-0.05, 0) is 55.3 Å². The van der Waals surface area contributed by atoms with Crippen LogP contribution in [-0.4, -0.2) is 36.6 Å². The summed E-state index contributed by atoms with van der Waals surface area (Å²) in [7, 11) is 0. The number of aromatic nitrogens is 1. The van der Waals surface area contributed by atoms with Gasteiger partial charge in [-0.2, -0.15) is 0 Å². The number of hydrogen-bond donors (Lipinski definition) is 1. The molecule has 2 heterocycles. The number of carbonyl (C=O) groups excluding carboxylic acids is 2. The standard InChI is InChI=1S/C24H23N3O3/c28-23(26-20-9-12-21(13-10-20)27-15-3-4-16-27)17-30-24(29)14-11-19-8-7-18-5-1-2-6-22(18)25-19/h1-2,5-14H,3-4,15-17H2,(H,26,28)/b14-11+. The average Bonchev–Trinajstić information content (AvgIpc) is 3.31. The van der Waals surface area contributed by atoms with Crippen molar-refractivity contribution in [2.24, 2.45) is 0 Å². The number of esters is 1. The molecular weight excluding hydrogens is 378 g/mol. The number of hydrogen-bond acceptors (Lipinski definition) is 5. The number of fused-ring (bicyclic) bond motifs is 1. The summed E-state index contributed by atoms with van der Waals surface area (Å²) in [4.78, 5) is 30.7. The third-order valence-electron chi connectivity index (χ3n) is 4.98. The lowest BCUT2D eigenvalue weighted by Gasteiger charge is -2.17. The SMILES string of the molecule is O=C(COC(=O)/C=C/c1ccc2ccccc2n1)Nc1ccc(N2CCCC2)cc1. The summed E-state index contributed by atoms with van der Waals surface area (Å²) in [6.45, 7) is 1.80. The second-order valence-corrected chi connectivity index (χ2v) is 7.16. The minimum atomic E-state index is -0.593. The summed E-state index contributed by atoms with van der Waals surface area (Å²) in [5.41, 5.74) is 3.33. The lowest BCUT2D eigenvalue weighted by Crippen LogP contribution is -2.20. The molecule has 0 unspecified atom stereocenters. The number of pyridine rings is 1. The summed E-state index contributed by atoms with van der Waals surface area (Å²) in [5, 5.41) is 3.77. The van der Waals surface area contributed by atoms with Crippen molar-refractivity contribution in [2.45, 2.75) is 12.8 Å². The van der Waals surface area contributed by atoms with Crippen LogP contribution in [0.4, 0.5) is 11.4 Å². The molecule has 0 saturated carbocycles. The van der Waals surface area contributed by atoms with Crippen molar-refractivity contribution < 1.29 is 14.3 Å². The first kappa shape index (κ1) is 19.6. The number of rotatable bonds is 6. The second-order valence-electron chi connectivity index (χ2n) is 7.16. The van der Waals surface area contributed by atoms with Crippen LogP contribution in [0, 0.1) is 0 Å². The number of para-hydroxylation sites is 1. The van der Waals surface area contributed by atoms with Crippen LogP contribution in [0.2, 0.25) is 0 Å². The van der Waals surface area contributed by atoms with Crippen LogP contribution in [0.3, 0.4) is 0 Å². The summed E-state index contributed by atoms with van der Waals surface area (Å²) < 4.78 is 5.02.